The Hall–Kier alpha value is -3.15. The molecular formula is C18H17N3O3. The highest BCUT2D eigenvalue weighted by Gasteiger charge is 2.08. The summed E-state index contributed by atoms with van der Waals surface area (Å²) in [6, 6.07) is 16.4. The Kier molecular flexibility index (Phi) is 4.56. The van der Waals surface area contributed by atoms with Gasteiger partial charge in [0.25, 0.3) is 5.56 Å². The second kappa shape index (κ2) is 6.95. The van der Waals surface area contributed by atoms with E-state index in [1.165, 1.54) is 4.57 Å². The number of aromatic amines is 1. The van der Waals surface area contributed by atoms with Crippen molar-refractivity contribution in [1.82, 2.24) is 14.9 Å². The molecule has 0 saturated carbocycles. The molecule has 0 aliphatic carbocycles. The first-order valence-electron chi connectivity index (χ1n) is 7.67. The number of aromatic nitrogens is 2. The molecule has 0 atom stereocenters. The zero-order valence-corrected chi connectivity index (χ0v) is 13.0. The minimum Gasteiger partial charge on any atom is -0.352 e. The molecule has 1 aromatic heterocycles. The molecule has 0 saturated heterocycles. The van der Waals surface area contributed by atoms with E-state index in [1.54, 1.807) is 24.3 Å². The van der Waals surface area contributed by atoms with E-state index in [-0.39, 0.29) is 18.9 Å². The number of hydrogen-bond acceptors (Lipinski definition) is 3. The van der Waals surface area contributed by atoms with Crippen LogP contribution in [0.2, 0.25) is 0 Å². The van der Waals surface area contributed by atoms with E-state index in [1.807, 2.05) is 30.3 Å². The minimum atomic E-state index is -0.505. The highest BCUT2D eigenvalue weighted by molar-refractivity contribution is 5.78. The Morgan fingerprint density at radius 3 is 2.50 bits per heavy atom. The maximum Gasteiger partial charge on any atom is 0.328 e. The van der Waals surface area contributed by atoms with Crippen LogP contribution in [0.4, 0.5) is 0 Å². The van der Waals surface area contributed by atoms with Crippen molar-refractivity contribution in [3.05, 3.63) is 81.0 Å². The lowest BCUT2D eigenvalue weighted by Crippen LogP contribution is -2.32. The van der Waals surface area contributed by atoms with Crippen molar-refractivity contribution < 1.29 is 4.79 Å². The third-order valence-corrected chi connectivity index (χ3v) is 3.80. The summed E-state index contributed by atoms with van der Waals surface area (Å²) in [5, 5.41) is 3.25. The van der Waals surface area contributed by atoms with Crippen LogP contribution in [0.3, 0.4) is 0 Å². The molecule has 0 spiro atoms. The van der Waals surface area contributed by atoms with Crippen molar-refractivity contribution in [2.45, 2.75) is 19.5 Å². The zero-order chi connectivity index (χ0) is 16.9. The fourth-order valence-corrected chi connectivity index (χ4v) is 2.56. The molecule has 3 rings (SSSR count). The van der Waals surface area contributed by atoms with E-state index in [9.17, 15) is 14.4 Å². The maximum atomic E-state index is 12.0. The number of carbonyl (C=O) groups excluding carboxylic acids is 1. The largest absolute Gasteiger partial charge is 0.352 e. The fourth-order valence-electron chi connectivity index (χ4n) is 2.56. The average Bonchev–Trinajstić information content (AvgIpc) is 2.60. The SMILES string of the molecule is O=C(CCn1c(=O)[nH]c(=O)c2ccccc21)NCc1ccccc1. The fraction of sp³-hybridized carbons (Fsp3) is 0.167. The molecule has 0 unspecified atom stereocenters. The molecule has 3 aromatic rings. The molecule has 6 heteroatoms. The molecule has 0 aliphatic rings. The van der Waals surface area contributed by atoms with Crippen molar-refractivity contribution in [2.24, 2.45) is 0 Å². The number of aryl methyl sites for hydroxylation is 1. The quantitative estimate of drug-likeness (QED) is 0.744. The number of benzene rings is 2. The van der Waals surface area contributed by atoms with Crippen LogP contribution < -0.4 is 16.6 Å². The number of carbonyl (C=O) groups is 1. The van der Waals surface area contributed by atoms with Gasteiger partial charge in [-0.15, -0.1) is 0 Å². The van der Waals surface area contributed by atoms with Crippen LogP contribution in [-0.2, 0) is 17.9 Å². The molecule has 0 bridgehead atoms. The first kappa shape index (κ1) is 15.7. The first-order chi connectivity index (χ1) is 11.6. The normalized spacial score (nSPS) is 10.7. The van der Waals surface area contributed by atoms with Crippen molar-refractivity contribution >= 4 is 16.8 Å². The Morgan fingerprint density at radius 2 is 1.71 bits per heavy atom. The number of amides is 1. The molecule has 0 fully saturated rings. The second-order valence-electron chi connectivity index (χ2n) is 5.44. The summed E-state index contributed by atoms with van der Waals surface area (Å²) in [6.45, 7) is 0.650. The Balaban J connectivity index is 1.71. The first-order valence-corrected chi connectivity index (χ1v) is 7.67. The van der Waals surface area contributed by atoms with Crippen molar-refractivity contribution in [3.8, 4) is 0 Å². The molecule has 1 heterocycles. The van der Waals surface area contributed by atoms with Gasteiger partial charge >= 0.3 is 5.69 Å². The molecule has 1 amide bonds. The van der Waals surface area contributed by atoms with Gasteiger partial charge in [0.15, 0.2) is 0 Å². The smallest absolute Gasteiger partial charge is 0.328 e. The van der Waals surface area contributed by atoms with E-state index >= 15 is 0 Å². The van der Waals surface area contributed by atoms with Gasteiger partial charge in [-0.2, -0.15) is 0 Å². The van der Waals surface area contributed by atoms with Gasteiger partial charge in [-0.1, -0.05) is 42.5 Å². The number of hydrogen-bond donors (Lipinski definition) is 2. The molecule has 0 radical (unpaired) electrons. The van der Waals surface area contributed by atoms with Gasteiger partial charge in [0.05, 0.1) is 10.9 Å². The maximum absolute atomic E-state index is 12.0. The summed E-state index contributed by atoms with van der Waals surface area (Å²) in [7, 11) is 0. The van der Waals surface area contributed by atoms with E-state index in [0.717, 1.165) is 5.56 Å². The highest BCUT2D eigenvalue weighted by atomic mass is 16.2. The molecule has 0 aliphatic heterocycles. The Bertz CT molecular complexity index is 974. The van der Waals surface area contributed by atoms with E-state index in [4.69, 9.17) is 0 Å². The number of fused-ring (bicyclic) bond motifs is 1. The minimum absolute atomic E-state index is 0.152. The van der Waals surface area contributed by atoms with Crippen LogP contribution in [0.15, 0.2) is 64.2 Å². The lowest BCUT2D eigenvalue weighted by molar-refractivity contribution is -0.121. The van der Waals surface area contributed by atoms with Gasteiger partial charge in [-0.3, -0.25) is 19.1 Å². The summed E-state index contributed by atoms with van der Waals surface area (Å²) in [4.78, 5) is 38.1. The zero-order valence-electron chi connectivity index (χ0n) is 13.0. The van der Waals surface area contributed by atoms with Crippen LogP contribution >= 0.6 is 0 Å². The third kappa shape index (κ3) is 3.43. The van der Waals surface area contributed by atoms with Gasteiger partial charge < -0.3 is 5.32 Å². The van der Waals surface area contributed by atoms with E-state index in [2.05, 4.69) is 10.3 Å². The van der Waals surface area contributed by atoms with E-state index < -0.39 is 11.2 Å². The number of para-hydroxylation sites is 1. The van der Waals surface area contributed by atoms with Gasteiger partial charge in [0, 0.05) is 19.5 Å². The number of nitrogens with zero attached hydrogens (tertiary/aromatic N) is 1. The lowest BCUT2D eigenvalue weighted by Gasteiger charge is -2.09. The monoisotopic (exact) mass is 323 g/mol. The van der Waals surface area contributed by atoms with Crippen molar-refractivity contribution in [1.29, 1.82) is 0 Å². The highest BCUT2D eigenvalue weighted by Crippen LogP contribution is 2.07. The molecule has 122 valence electrons. The summed E-state index contributed by atoms with van der Waals surface area (Å²) >= 11 is 0. The van der Waals surface area contributed by atoms with Crippen LogP contribution in [0.25, 0.3) is 10.9 Å². The average molecular weight is 323 g/mol. The van der Waals surface area contributed by atoms with Gasteiger partial charge in [0.2, 0.25) is 5.91 Å². The van der Waals surface area contributed by atoms with Crippen molar-refractivity contribution in [3.63, 3.8) is 0 Å². The van der Waals surface area contributed by atoms with E-state index in [0.29, 0.717) is 17.4 Å². The van der Waals surface area contributed by atoms with Gasteiger partial charge in [0.1, 0.15) is 0 Å². The number of rotatable bonds is 5. The molecule has 2 aromatic carbocycles. The van der Waals surface area contributed by atoms with Crippen LogP contribution in [0, 0.1) is 0 Å². The molecule has 6 nitrogen and oxygen atoms in total. The third-order valence-electron chi connectivity index (χ3n) is 3.80. The summed E-state index contributed by atoms with van der Waals surface area (Å²) in [5.74, 6) is -0.152. The van der Waals surface area contributed by atoms with Gasteiger partial charge in [-0.05, 0) is 17.7 Å². The predicted octanol–water partition coefficient (Wildman–Crippen LogP) is 1.40. The summed E-state index contributed by atoms with van der Waals surface area (Å²) in [5.41, 5.74) is 0.620. The lowest BCUT2D eigenvalue weighted by atomic mass is 10.2. The second-order valence-corrected chi connectivity index (χ2v) is 5.44. The Labute approximate surface area is 137 Å². The van der Waals surface area contributed by atoms with Crippen LogP contribution in [0.1, 0.15) is 12.0 Å². The van der Waals surface area contributed by atoms with Crippen LogP contribution in [0.5, 0.6) is 0 Å². The summed E-state index contributed by atoms with van der Waals surface area (Å²) < 4.78 is 1.42. The Morgan fingerprint density at radius 1 is 1.00 bits per heavy atom. The topological polar surface area (TPSA) is 84.0 Å². The number of H-pyrrole nitrogens is 1. The van der Waals surface area contributed by atoms with Gasteiger partial charge in [-0.25, -0.2) is 4.79 Å². The predicted molar refractivity (Wildman–Crippen MR) is 91.7 cm³/mol. The summed E-state index contributed by atoms with van der Waals surface area (Å²) in [6.07, 6.45) is 0.156. The standard InChI is InChI=1S/C18H17N3O3/c22-16(19-12-13-6-2-1-3-7-13)10-11-21-15-9-5-4-8-14(15)17(23)20-18(21)24/h1-9H,10-12H2,(H,19,22)(H,20,23,24). The molecule has 2 N–H and O–H groups in total. The van der Waals surface area contributed by atoms with Crippen LogP contribution in [-0.4, -0.2) is 15.5 Å². The van der Waals surface area contributed by atoms with Crippen molar-refractivity contribution in [2.75, 3.05) is 0 Å². The molecular weight excluding hydrogens is 306 g/mol. The number of nitrogens with one attached hydrogen (secondary N) is 2. The molecule has 24 heavy (non-hydrogen) atoms.